The first kappa shape index (κ1) is 12.8. The SMILES string of the molecule is Cc1cccc(/N=N/c2ccc(O)c(C(=O)O)c2)c1. The fourth-order valence-electron chi connectivity index (χ4n) is 1.56. The number of hydrogen-bond acceptors (Lipinski definition) is 4. The summed E-state index contributed by atoms with van der Waals surface area (Å²) in [6, 6.07) is 11.5. The summed E-state index contributed by atoms with van der Waals surface area (Å²) in [5, 5.41) is 26.2. The largest absolute Gasteiger partial charge is 0.507 e. The molecule has 2 aromatic rings. The molecule has 5 nitrogen and oxygen atoms in total. The van der Waals surface area contributed by atoms with Crippen molar-refractivity contribution in [3.63, 3.8) is 0 Å². The number of aryl methyl sites for hydroxylation is 1. The van der Waals surface area contributed by atoms with Crippen molar-refractivity contribution in [1.29, 1.82) is 0 Å². The van der Waals surface area contributed by atoms with Crippen LogP contribution in [0.2, 0.25) is 0 Å². The zero-order valence-electron chi connectivity index (χ0n) is 10.2. The number of benzene rings is 2. The van der Waals surface area contributed by atoms with Crippen LogP contribution in [-0.2, 0) is 0 Å². The number of phenols is 1. The van der Waals surface area contributed by atoms with Gasteiger partial charge in [-0.05, 0) is 42.8 Å². The molecule has 19 heavy (non-hydrogen) atoms. The molecule has 0 radical (unpaired) electrons. The number of carbonyl (C=O) groups is 1. The standard InChI is InChI=1S/C14H12N2O3/c1-9-3-2-4-10(7-9)15-16-11-5-6-13(17)12(8-11)14(18)19/h2-8,17H,1H3,(H,18,19)/b16-15+. The van der Waals surface area contributed by atoms with E-state index in [1.165, 1.54) is 18.2 Å². The Morgan fingerprint density at radius 2 is 1.74 bits per heavy atom. The number of azo groups is 1. The molecule has 0 atom stereocenters. The molecule has 0 bridgehead atoms. The highest BCUT2D eigenvalue weighted by Gasteiger charge is 2.09. The molecule has 2 aromatic carbocycles. The van der Waals surface area contributed by atoms with Gasteiger partial charge in [0.1, 0.15) is 11.3 Å². The Hall–Kier alpha value is -2.69. The van der Waals surface area contributed by atoms with Crippen LogP contribution < -0.4 is 0 Å². The van der Waals surface area contributed by atoms with Crippen LogP contribution in [0.25, 0.3) is 0 Å². The Kier molecular flexibility index (Phi) is 3.56. The van der Waals surface area contributed by atoms with E-state index in [-0.39, 0.29) is 11.3 Å². The van der Waals surface area contributed by atoms with Gasteiger partial charge < -0.3 is 10.2 Å². The average Bonchev–Trinajstić information content (AvgIpc) is 2.37. The zero-order valence-corrected chi connectivity index (χ0v) is 10.2. The minimum Gasteiger partial charge on any atom is -0.507 e. The van der Waals surface area contributed by atoms with Gasteiger partial charge in [0.25, 0.3) is 0 Å². The summed E-state index contributed by atoms with van der Waals surface area (Å²) >= 11 is 0. The van der Waals surface area contributed by atoms with Crippen molar-refractivity contribution in [3.05, 3.63) is 53.6 Å². The molecule has 96 valence electrons. The summed E-state index contributed by atoms with van der Waals surface area (Å²) < 4.78 is 0. The molecule has 5 heteroatoms. The van der Waals surface area contributed by atoms with Crippen molar-refractivity contribution in [3.8, 4) is 5.75 Å². The van der Waals surface area contributed by atoms with E-state index in [4.69, 9.17) is 5.11 Å². The minimum atomic E-state index is -1.20. The quantitative estimate of drug-likeness (QED) is 0.819. The second kappa shape index (κ2) is 5.30. The second-order valence-electron chi connectivity index (χ2n) is 4.05. The number of carboxylic acid groups (broad SMARTS) is 1. The first-order chi connectivity index (χ1) is 9.06. The van der Waals surface area contributed by atoms with Gasteiger partial charge in [-0.1, -0.05) is 12.1 Å². The van der Waals surface area contributed by atoms with Crippen molar-refractivity contribution in [2.75, 3.05) is 0 Å². The summed E-state index contributed by atoms with van der Waals surface area (Å²) in [4.78, 5) is 10.9. The van der Waals surface area contributed by atoms with Crippen LogP contribution in [0.15, 0.2) is 52.7 Å². The van der Waals surface area contributed by atoms with Crippen LogP contribution >= 0.6 is 0 Å². The van der Waals surface area contributed by atoms with E-state index in [2.05, 4.69) is 10.2 Å². The molecule has 2 N–H and O–H groups in total. The van der Waals surface area contributed by atoms with Crippen LogP contribution in [0.5, 0.6) is 5.75 Å². The normalized spacial score (nSPS) is 10.8. The van der Waals surface area contributed by atoms with Gasteiger partial charge in [0.2, 0.25) is 0 Å². The number of carboxylic acids is 1. The zero-order chi connectivity index (χ0) is 13.8. The number of rotatable bonds is 3. The molecular formula is C14H12N2O3. The Balaban J connectivity index is 2.29. The number of hydrogen-bond donors (Lipinski definition) is 2. The number of aromatic carboxylic acids is 1. The number of nitrogens with zero attached hydrogens (tertiary/aromatic N) is 2. The first-order valence-corrected chi connectivity index (χ1v) is 5.61. The lowest BCUT2D eigenvalue weighted by Crippen LogP contribution is -1.95. The molecule has 0 aliphatic carbocycles. The van der Waals surface area contributed by atoms with E-state index in [1.807, 2.05) is 25.1 Å². The summed E-state index contributed by atoms with van der Waals surface area (Å²) in [5.74, 6) is -1.49. The van der Waals surface area contributed by atoms with Crippen LogP contribution in [0, 0.1) is 6.92 Å². The molecular weight excluding hydrogens is 244 g/mol. The maximum absolute atomic E-state index is 10.9. The van der Waals surface area contributed by atoms with Crippen LogP contribution in [0.4, 0.5) is 11.4 Å². The van der Waals surface area contributed by atoms with Gasteiger partial charge in [-0.3, -0.25) is 0 Å². The lowest BCUT2D eigenvalue weighted by atomic mass is 10.2. The fourth-order valence-corrected chi connectivity index (χ4v) is 1.56. The molecule has 0 unspecified atom stereocenters. The van der Waals surface area contributed by atoms with Crippen molar-refractivity contribution in [1.82, 2.24) is 0 Å². The Morgan fingerprint density at radius 3 is 2.37 bits per heavy atom. The molecule has 0 aliphatic rings. The monoisotopic (exact) mass is 256 g/mol. The maximum atomic E-state index is 10.9. The van der Waals surface area contributed by atoms with E-state index in [0.29, 0.717) is 11.4 Å². The molecule has 0 saturated carbocycles. The lowest BCUT2D eigenvalue weighted by molar-refractivity contribution is 0.0694. The van der Waals surface area contributed by atoms with Gasteiger partial charge in [0.15, 0.2) is 0 Å². The van der Waals surface area contributed by atoms with Gasteiger partial charge in [-0.15, -0.1) is 0 Å². The lowest BCUT2D eigenvalue weighted by Gasteiger charge is -2.00. The van der Waals surface area contributed by atoms with E-state index in [1.54, 1.807) is 6.07 Å². The van der Waals surface area contributed by atoms with E-state index >= 15 is 0 Å². The van der Waals surface area contributed by atoms with Crippen molar-refractivity contribution in [2.24, 2.45) is 10.2 Å². The van der Waals surface area contributed by atoms with Gasteiger partial charge in [-0.2, -0.15) is 10.2 Å². The fraction of sp³-hybridized carbons (Fsp3) is 0.0714. The molecule has 0 aliphatic heterocycles. The minimum absolute atomic E-state index is 0.194. The third-order valence-corrected chi connectivity index (χ3v) is 2.49. The van der Waals surface area contributed by atoms with Gasteiger partial charge in [-0.25, -0.2) is 4.79 Å². The van der Waals surface area contributed by atoms with Crippen LogP contribution in [0.3, 0.4) is 0 Å². The molecule has 0 amide bonds. The Bertz CT molecular complexity index is 651. The topological polar surface area (TPSA) is 82.2 Å². The summed E-state index contributed by atoms with van der Waals surface area (Å²) in [6.07, 6.45) is 0. The molecule has 0 aromatic heterocycles. The molecule has 0 heterocycles. The smallest absolute Gasteiger partial charge is 0.339 e. The highest BCUT2D eigenvalue weighted by molar-refractivity contribution is 5.91. The summed E-state index contributed by atoms with van der Waals surface area (Å²) in [7, 11) is 0. The van der Waals surface area contributed by atoms with E-state index in [0.717, 1.165) is 5.56 Å². The van der Waals surface area contributed by atoms with Crippen molar-refractivity contribution < 1.29 is 15.0 Å². The van der Waals surface area contributed by atoms with Crippen molar-refractivity contribution >= 4 is 17.3 Å². The first-order valence-electron chi connectivity index (χ1n) is 5.61. The van der Waals surface area contributed by atoms with Gasteiger partial charge >= 0.3 is 5.97 Å². The third-order valence-electron chi connectivity index (χ3n) is 2.49. The summed E-state index contributed by atoms with van der Waals surface area (Å²) in [6.45, 7) is 1.95. The predicted octanol–water partition coefficient (Wildman–Crippen LogP) is 3.81. The maximum Gasteiger partial charge on any atom is 0.339 e. The number of aromatic hydroxyl groups is 1. The Morgan fingerprint density at radius 1 is 1.05 bits per heavy atom. The molecule has 0 fully saturated rings. The molecule has 0 spiro atoms. The van der Waals surface area contributed by atoms with E-state index in [9.17, 15) is 9.90 Å². The molecule has 0 saturated heterocycles. The highest BCUT2D eigenvalue weighted by atomic mass is 16.4. The van der Waals surface area contributed by atoms with Crippen LogP contribution in [0.1, 0.15) is 15.9 Å². The third kappa shape index (κ3) is 3.16. The second-order valence-corrected chi connectivity index (χ2v) is 4.05. The van der Waals surface area contributed by atoms with Gasteiger partial charge in [0, 0.05) is 0 Å². The van der Waals surface area contributed by atoms with Gasteiger partial charge in [0.05, 0.1) is 11.4 Å². The molecule has 2 rings (SSSR count). The van der Waals surface area contributed by atoms with E-state index < -0.39 is 5.97 Å². The van der Waals surface area contributed by atoms with Crippen molar-refractivity contribution in [2.45, 2.75) is 6.92 Å². The van der Waals surface area contributed by atoms with Crippen LogP contribution in [-0.4, -0.2) is 16.2 Å². The predicted molar refractivity (Wildman–Crippen MR) is 70.4 cm³/mol. The highest BCUT2D eigenvalue weighted by Crippen LogP contribution is 2.25. The summed E-state index contributed by atoms with van der Waals surface area (Å²) in [5.41, 5.74) is 1.93. The Labute approximate surface area is 109 Å². The average molecular weight is 256 g/mol.